The fourth-order valence-corrected chi connectivity index (χ4v) is 1.91. The van der Waals surface area contributed by atoms with Gasteiger partial charge in [0.15, 0.2) is 11.5 Å². The Morgan fingerprint density at radius 3 is 1.67 bits per heavy atom. The van der Waals surface area contributed by atoms with Crippen LogP contribution in [0.4, 0.5) is 0 Å². The van der Waals surface area contributed by atoms with Gasteiger partial charge in [-0.1, -0.05) is 20.8 Å². The van der Waals surface area contributed by atoms with E-state index in [1.165, 1.54) is 0 Å². The number of ether oxygens (including phenoxy) is 1. The quantitative estimate of drug-likeness (QED) is 0.421. The van der Waals surface area contributed by atoms with Crippen molar-refractivity contribution in [1.29, 1.82) is 0 Å². The summed E-state index contributed by atoms with van der Waals surface area (Å²) in [4.78, 5) is 0. The molecule has 1 rings (SSSR count). The van der Waals surface area contributed by atoms with Crippen LogP contribution in [0.3, 0.4) is 0 Å². The zero-order chi connectivity index (χ0) is 16.6. The molecule has 0 fully saturated rings. The Balaban J connectivity index is 3.55. The fourth-order valence-electron chi connectivity index (χ4n) is 1.91. The van der Waals surface area contributed by atoms with Crippen molar-refractivity contribution >= 4 is 0 Å². The molecule has 6 N–H and O–H groups in total. The van der Waals surface area contributed by atoms with Crippen molar-refractivity contribution in [1.82, 2.24) is 0 Å². The first-order chi connectivity index (χ1) is 9.48. The first-order valence-electron chi connectivity index (χ1n) is 6.88. The van der Waals surface area contributed by atoms with Crippen LogP contribution in [0.1, 0.15) is 46.6 Å². The lowest BCUT2D eigenvalue weighted by molar-refractivity contribution is 0.107. The predicted molar refractivity (Wildman–Crippen MR) is 80.2 cm³/mol. The zero-order valence-corrected chi connectivity index (χ0v) is 13.2. The lowest BCUT2D eigenvalue weighted by atomic mass is 9.80. The highest BCUT2D eigenvalue weighted by Crippen LogP contribution is 2.56. The number of nitrogens with two attached hydrogens (primary N) is 1. The Hall–Kier alpha value is -1.82. The minimum atomic E-state index is -0.879. The molecule has 0 unspecified atom stereocenters. The van der Waals surface area contributed by atoms with Crippen LogP contribution in [0.5, 0.6) is 28.7 Å². The van der Waals surface area contributed by atoms with E-state index in [2.05, 4.69) is 0 Å². The minimum Gasteiger partial charge on any atom is -0.504 e. The molecule has 1 aromatic carbocycles. The molecule has 0 aliphatic carbocycles. The molecule has 0 atom stereocenters. The van der Waals surface area contributed by atoms with Crippen LogP contribution < -0.4 is 10.5 Å². The molecule has 120 valence electrons. The second kappa shape index (κ2) is 5.52. The van der Waals surface area contributed by atoms with Gasteiger partial charge in [0, 0.05) is 12.1 Å². The zero-order valence-electron chi connectivity index (χ0n) is 13.2. The highest BCUT2D eigenvalue weighted by Gasteiger charge is 2.34. The maximum Gasteiger partial charge on any atom is 0.211 e. The second-order valence-corrected chi connectivity index (χ2v) is 6.40. The highest BCUT2D eigenvalue weighted by molar-refractivity contribution is 5.69. The van der Waals surface area contributed by atoms with Crippen molar-refractivity contribution < 1.29 is 25.2 Å². The third-order valence-corrected chi connectivity index (χ3v) is 3.78. The molecular weight excluding hydrogens is 274 g/mol. The summed E-state index contributed by atoms with van der Waals surface area (Å²) in [5.74, 6) is -2.59. The number of hydrogen-bond donors (Lipinski definition) is 5. The number of hydrogen-bond acceptors (Lipinski definition) is 6. The lowest BCUT2D eigenvalue weighted by Crippen LogP contribution is -2.37. The molecule has 6 nitrogen and oxygen atoms in total. The van der Waals surface area contributed by atoms with Gasteiger partial charge in [-0.25, -0.2) is 0 Å². The van der Waals surface area contributed by atoms with Crippen LogP contribution in [0, 0.1) is 0 Å². The predicted octanol–water partition coefficient (Wildman–Crippen LogP) is 2.31. The molecule has 0 amide bonds. The first-order valence-corrected chi connectivity index (χ1v) is 6.88. The number of phenolic OH excluding ortho intramolecular Hbond substituents is 4. The fraction of sp³-hybridized carbons (Fsp3) is 0.600. The maximum atomic E-state index is 10.2. The Labute approximate surface area is 124 Å². The third kappa shape index (κ3) is 3.10. The monoisotopic (exact) mass is 299 g/mol. The first kappa shape index (κ1) is 17.2. The normalized spacial score (nSPS) is 12.5. The van der Waals surface area contributed by atoms with Gasteiger partial charge in [-0.15, -0.1) is 0 Å². The van der Waals surface area contributed by atoms with Crippen molar-refractivity contribution in [3.63, 3.8) is 0 Å². The molecule has 0 saturated heterocycles. The van der Waals surface area contributed by atoms with Gasteiger partial charge in [-0.3, -0.25) is 0 Å². The van der Waals surface area contributed by atoms with Crippen LogP contribution in [-0.4, -0.2) is 32.6 Å². The van der Waals surface area contributed by atoms with E-state index >= 15 is 0 Å². The van der Waals surface area contributed by atoms with Crippen molar-refractivity contribution in [2.45, 2.75) is 52.1 Å². The van der Waals surface area contributed by atoms with E-state index in [1.54, 1.807) is 27.7 Å². The van der Waals surface area contributed by atoms with Crippen LogP contribution in [0.25, 0.3) is 0 Å². The molecule has 0 radical (unpaired) electrons. The van der Waals surface area contributed by atoms with Gasteiger partial charge in [0.05, 0.1) is 0 Å². The Bertz CT molecular complexity index is 508. The molecule has 0 heterocycles. The van der Waals surface area contributed by atoms with Crippen LogP contribution >= 0.6 is 0 Å². The van der Waals surface area contributed by atoms with Crippen LogP contribution in [0.15, 0.2) is 0 Å². The van der Waals surface area contributed by atoms with Crippen molar-refractivity contribution in [3.8, 4) is 28.7 Å². The lowest BCUT2D eigenvalue weighted by Gasteiger charge is -2.29. The molecule has 21 heavy (non-hydrogen) atoms. The van der Waals surface area contributed by atoms with Crippen molar-refractivity contribution in [2.24, 2.45) is 5.73 Å². The summed E-state index contributed by atoms with van der Waals surface area (Å²) in [5.41, 5.74) is 4.11. The Morgan fingerprint density at radius 2 is 1.33 bits per heavy atom. The van der Waals surface area contributed by atoms with Gasteiger partial charge < -0.3 is 30.9 Å². The molecular formula is C15H25NO5. The SMILES string of the molecule is CCC(C)(C)c1c(O)c(O)c(OC(C)(C)CN)c(O)c1O. The van der Waals surface area contributed by atoms with Gasteiger partial charge >= 0.3 is 0 Å². The summed E-state index contributed by atoms with van der Waals surface area (Å²) in [6.07, 6.45) is 0.585. The van der Waals surface area contributed by atoms with E-state index in [0.29, 0.717) is 6.42 Å². The van der Waals surface area contributed by atoms with E-state index in [4.69, 9.17) is 10.5 Å². The summed E-state index contributed by atoms with van der Waals surface area (Å²) < 4.78 is 5.43. The number of aromatic hydroxyl groups is 4. The van der Waals surface area contributed by atoms with Crippen molar-refractivity contribution in [2.75, 3.05) is 6.54 Å². The standard InChI is InChI=1S/C15H25NO5/c1-6-14(2,3)8-9(17)11(19)13(12(20)10(8)18)21-15(4,5)7-16/h17-20H,6-7,16H2,1-5H3. The molecule has 0 saturated carbocycles. The molecule has 0 aliphatic rings. The molecule has 0 aromatic heterocycles. The maximum absolute atomic E-state index is 10.2. The highest BCUT2D eigenvalue weighted by atomic mass is 16.5. The number of benzene rings is 1. The van der Waals surface area contributed by atoms with E-state index in [9.17, 15) is 20.4 Å². The van der Waals surface area contributed by atoms with Gasteiger partial charge in [-0.05, 0) is 25.7 Å². The molecule has 0 bridgehead atoms. The topological polar surface area (TPSA) is 116 Å². The third-order valence-electron chi connectivity index (χ3n) is 3.78. The summed E-state index contributed by atoms with van der Waals surface area (Å²) in [6, 6.07) is 0. The second-order valence-electron chi connectivity index (χ2n) is 6.40. The van der Waals surface area contributed by atoms with Gasteiger partial charge in [0.2, 0.25) is 17.2 Å². The molecule has 0 aliphatic heterocycles. The van der Waals surface area contributed by atoms with E-state index in [0.717, 1.165) is 0 Å². The molecule has 6 heteroatoms. The van der Waals surface area contributed by atoms with E-state index in [1.807, 2.05) is 6.92 Å². The average Bonchev–Trinajstić information content (AvgIpc) is 2.41. The van der Waals surface area contributed by atoms with Crippen molar-refractivity contribution in [3.05, 3.63) is 5.56 Å². The smallest absolute Gasteiger partial charge is 0.211 e. The summed E-state index contributed by atoms with van der Waals surface area (Å²) >= 11 is 0. The van der Waals surface area contributed by atoms with E-state index < -0.39 is 34.0 Å². The van der Waals surface area contributed by atoms with Gasteiger partial charge in [0.25, 0.3) is 0 Å². The Morgan fingerprint density at radius 1 is 0.905 bits per heavy atom. The van der Waals surface area contributed by atoms with Crippen LogP contribution in [-0.2, 0) is 5.41 Å². The summed E-state index contributed by atoms with van der Waals surface area (Å²) in [7, 11) is 0. The van der Waals surface area contributed by atoms with E-state index in [-0.39, 0.29) is 17.9 Å². The summed E-state index contributed by atoms with van der Waals surface area (Å²) in [6.45, 7) is 8.87. The van der Waals surface area contributed by atoms with Crippen LogP contribution in [0.2, 0.25) is 0 Å². The van der Waals surface area contributed by atoms with Gasteiger partial charge in [-0.2, -0.15) is 0 Å². The summed E-state index contributed by atoms with van der Waals surface area (Å²) in [5, 5.41) is 40.6. The average molecular weight is 299 g/mol. The van der Waals surface area contributed by atoms with Gasteiger partial charge in [0.1, 0.15) is 5.60 Å². The molecule has 1 aromatic rings. The number of phenols is 4. The largest absolute Gasteiger partial charge is 0.504 e. The minimum absolute atomic E-state index is 0.0814. The number of rotatable bonds is 5. The molecule has 0 spiro atoms. The Kier molecular flexibility index (Phi) is 4.53.